The number of carbonyl (C=O) groups is 1. The topological polar surface area (TPSA) is 88.3 Å². The highest BCUT2D eigenvalue weighted by Crippen LogP contribution is 2.30. The van der Waals surface area contributed by atoms with Crippen LogP contribution in [0.15, 0.2) is 35.0 Å². The summed E-state index contributed by atoms with van der Waals surface area (Å²) in [6.07, 6.45) is 1.92. The molecule has 0 amide bonds. The first-order valence-corrected chi connectivity index (χ1v) is 7.18. The zero-order valence-corrected chi connectivity index (χ0v) is 12.4. The molecule has 2 aromatic heterocycles. The van der Waals surface area contributed by atoms with E-state index < -0.39 is 12.0 Å². The molecule has 0 aliphatic rings. The third kappa shape index (κ3) is 2.59. The Kier molecular flexibility index (Phi) is 3.66. The highest BCUT2D eigenvalue weighted by molar-refractivity contribution is 6.05. The van der Waals surface area contributed by atoms with Gasteiger partial charge in [0.1, 0.15) is 23.5 Å². The molecule has 0 aliphatic heterocycles. The summed E-state index contributed by atoms with van der Waals surface area (Å²) in [5.41, 5.74) is 1.87. The average molecular weight is 299 g/mol. The van der Waals surface area contributed by atoms with Crippen LogP contribution in [0.3, 0.4) is 0 Å². The normalized spacial score (nSPS) is 12.9. The van der Waals surface area contributed by atoms with Crippen molar-refractivity contribution in [3.63, 3.8) is 0 Å². The summed E-state index contributed by atoms with van der Waals surface area (Å²) in [5, 5.41) is 13.2. The lowest BCUT2D eigenvalue weighted by Gasteiger charge is -2.16. The van der Waals surface area contributed by atoms with Crippen LogP contribution in [-0.2, 0) is 4.79 Å². The Morgan fingerprint density at radius 1 is 1.32 bits per heavy atom. The molecule has 0 saturated heterocycles. The molecule has 3 rings (SSSR count). The van der Waals surface area contributed by atoms with Gasteiger partial charge in [0, 0.05) is 5.39 Å². The number of fused-ring (bicyclic) bond motifs is 3. The Bertz CT molecular complexity index is 826. The number of hydrogen-bond acceptors (Lipinski definition) is 5. The first kappa shape index (κ1) is 14.3. The molecule has 0 fully saturated rings. The molecule has 0 bridgehead atoms. The minimum atomic E-state index is -0.906. The number of carboxylic acids is 1. The number of para-hydroxylation sites is 1. The Balaban J connectivity index is 2.05. The van der Waals surface area contributed by atoms with Gasteiger partial charge in [0.2, 0.25) is 0 Å². The van der Waals surface area contributed by atoms with E-state index in [-0.39, 0.29) is 5.92 Å². The van der Waals surface area contributed by atoms with E-state index in [1.54, 1.807) is 0 Å². The van der Waals surface area contributed by atoms with E-state index in [0.29, 0.717) is 28.9 Å². The lowest BCUT2D eigenvalue weighted by atomic mass is 10.0. The average Bonchev–Trinajstić information content (AvgIpc) is 2.86. The fourth-order valence-corrected chi connectivity index (χ4v) is 2.48. The van der Waals surface area contributed by atoms with Crippen molar-refractivity contribution in [2.75, 3.05) is 5.32 Å². The summed E-state index contributed by atoms with van der Waals surface area (Å²) in [6.45, 7) is 3.96. The largest absolute Gasteiger partial charge is 0.480 e. The van der Waals surface area contributed by atoms with Crippen LogP contribution >= 0.6 is 0 Å². The molecule has 2 N–H and O–H groups in total. The van der Waals surface area contributed by atoms with Gasteiger partial charge in [-0.1, -0.05) is 26.0 Å². The predicted octanol–water partition coefficient (Wildman–Crippen LogP) is 3.29. The van der Waals surface area contributed by atoms with Crippen LogP contribution in [0, 0.1) is 5.92 Å². The minimum absolute atomic E-state index is 0.251. The first-order valence-electron chi connectivity index (χ1n) is 7.18. The number of nitrogens with one attached hydrogen (secondary N) is 1. The van der Waals surface area contributed by atoms with Gasteiger partial charge in [0.25, 0.3) is 0 Å². The molecule has 0 saturated carbocycles. The zero-order valence-electron chi connectivity index (χ0n) is 12.4. The Hall–Kier alpha value is -2.63. The minimum Gasteiger partial charge on any atom is -0.480 e. The van der Waals surface area contributed by atoms with Crippen LogP contribution in [0.5, 0.6) is 0 Å². The molecule has 6 heteroatoms. The van der Waals surface area contributed by atoms with E-state index in [2.05, 4.69) is 15.3 Å². The van der Waals surface area contributed by atoms with Crippen LogP contribution < -0.4 is 5.32 Å². The van der Waals surface area contributed by atoms with Crippen LogP contribution in [0.25, 0.3) is 22.1 Å². The smallest absolute Gasteiger partial charge is 0.326 e. The number of furan rings is 1. The number of rotatable bonds is 5. The zero-order chi connectivity index (χ0) is 15.7. The maximum Gasteiger partial charge on any atom is 0.326 e. The van der Waals surface area contributed by atoms with E-state index in [1.807, 2.05) is 38.1 Å². The van der Waals surface area contributed by atoms with Crippen molar-refractivity contribution >= 4 is 33.9 Å². The van der Waals surface area contributed by atoms with Crippen LogP contribution in [-0.4, -0.2) is 27.1 Å². The number of aliphatic carboxylic acids is 1. The molecule has 22 heavy (non-hydrogen) atoms. The monoisotopic (exact) mass is 299 g/mol. The Morgan fingerprint density at radius 2 is 2.09 bits per heavy atom. The first-order chi connectivity index (χ1) is 10.6. The second-order valence-electron chi connectivity index (χ2n) is 5.66. The Labute approximate surface area is 127 Å². The number of anilines is 1. The molecule has 0 aliphatic carbocycles. The number of nitrogens with zero attached hydrogens (tertiary/aromatic N) is 2. The summed E-state index contributed by atoms with van der Waals surface area (Å²) in [5.74, 6) is -0.243. The molecule has 3 aromatic rings. The van der Waals surface area contributed by atoms with Crippen molar-refractivity contribution in [3.8, 4) is 0 Å². The van der Waals surface area contributed by atoms with Crippen LogP contribution in [0.4, 0.5) is 5.82 Å². The lowest BCUT2D eigenvalue weighted by Crippen LogP contribution is -2.31. The van der Waals surface area contributed by atoms with Crippen molar-refractivity contribution in [1.29, 1.82) is 0 Å². The molecule has 1 aromatic carbocycles. The molecule has 0 spiro atoms. The summed E-state index contributed by atoms with van der Waals surface area (Å²) < 4.78 is 5.79. The van der Waals surface area contributed by atoms with Crippen molar-refractivity contribution in [2.24, 2.45) is 5.92 Å². The Morgan fingerprint density at radius 3 is 2.82 bits per heavy atom. The maximum absolute atomic E-state index is 11.4. The fourth-order valence-electron chi connectivity index (χ4n) is 2.48. The second-order valence-corrected chi connectivity index (χ2v) is 5.66. The van der Waals surface area contributed by atoms with Gasteiger partial charge >= 0.3 is 5.97 Å². The second kappa shape index (κ2) is 5.63. The molecule has 6 nitrogen and oxygen atoms in total. The van der Waals surface area contributed by atoms with Crippen molar-refractivity contribution < 1.29 is 14.3 Å². The SMILES string of the molecule is CC(C)CC(Nc1ncnc2c1oc1ccccc12)C(=O)O. The van der Waals surface area contributed by atoms with Crippen LogP contribution in [0.1, 0.15) is 20.3 Å². The van der Waals surface area contributed by atoms with Crippen LogP contribution in [0.2, 0.25) is 0 Å². The van der Waals surface area contributed by atoms with E-state index in [9.17, 15) is 9.90 Å². The van der Waals surface area contributed by atoms with E-state index in [1.165, 1.54) is 6.33 Å². The van der Waals surface area contributed by atoms with Gasteiger partial charge in [-0.25, -0.2) is 14.8 Å². The number of carboxylic acid groups (broad SMARTS) is 1. The van der Waals surface area contributed by atoms with E-state index >= 15 is 0 Å². The molecular formula is C16H17N3O3. The van der Waals surface area contributed by atoms with Gasteiger partial charge in [-0.15, -0.1) is 0 Å². The molecular weight excluding hydrogens is 282 g/mol. The summed E-state index contributed by atoms with van der Waals surface area (Å²) >= 11 is 0. The van der Waals surface area contributed by atoms with Gasteiger partial charge in [0.05, 0.1) is 0 Å². The lowest BCUT2D eigenvalue weighted by molar-refractivity contribution is -0.138. The highest BCUT2D eigenvalue weighted by atomic mass is 16.4. The highest BCUT2D eigenvalue weighted by Gasteiger charge is 2.22. The summed E-state index contributed by atoms with van der Waals surface area (Å²) in [7, 11) is 0. The predicted molar refractivity (Wildman–Crippen MR) is 83.8 cm³/mol. The molecule has 1 unspecified atom stereocenters. The summed E-state index contributed by atoms with van der Waals surface area (Å²) in [6, 6.07) is 6.84. The number of benzene rings is 1. The summed E-state index contributed by atoms with van der Waals surface area (Å²) in [4.78, 5) is 19.8. The van der Waals surface area contributed by atoms with Crippen molar-refractivity contribution in [1.82, 2.24) is 9.97 Å². The molecule has 1 atom stereocenters. The molecule has 0 radical (unpaired) electrons. The molecule has 114 valence electrons. The van der Waals surface area contributed by atoms with Gasteiger partial charge in [-0.05, 0) is 24.5 Å². The van der Waals surface area contributed by atoms with Gasteiger partial charge < -0.3 is 14.8 Å². The van der Waals surface area contributed by atoms with Gasteiger partial charge in [-0.2, -0.15) is 0 Å². The van der Waals surface area contributed by atoms with Crippen molar-refractivity contribution in [3.05, 3.63) is 30.6 Å². The van der Waals surface area contributed by atoms with E-state index in [0.717, 1.165) is 5.39 Å². The number of aromatic nitrogens is 2. The van der Waals surface area contributed by atoms with E-state index in [4.69, 9.17) is 4.42 Å². The quantitative estimate of drug-likeness (QED) is 0.751. The third-order valence-corrected chi connectivity index (χ3v) is 3.47. The fraction of sp³-hybridized carbons (Fsp3) is 0.312. The third-order valence-electron chi connectivity index (χ3n) is 3.47. The standard InChI is InChI=1S/C16H17N3O3/c1-9(2)7-11(16(20)21)19-15-14-13(17-8-18-15)10-5-3-4-6-12(10)22-14/h3-6,8-9,11H,7H2,1-2H3,(H,20,21)(H,17,18,19). The van der Waals surface area contributed by atoms with Crippen molar-refractivity contribution in [2.45, 2.75) is 26.3 Å². The van der Waals surface area contributed by atoms with Gasteiger partial charge in [0.15, 0.2) is 11.4 Å². The maximum atomic E-state index is 11.4. The number of hydrogen-bond donors (Lipinski definition) is 2. The molecule has 2 heterocycles. The van der Waals surface area contributed by atoms with Gasteiger partial charge in [-0.3, -0.25) is 0 Å².